The first-order valence-electron chi connectivity index (χ1n) is 7.99. The van der Waals surface area contributed by atoms with Crippen LogP contribution in [0.15, 0.2) is 47.6 Å². The van der Waals surface area contributed by atoms with Crippen LogP contribution in [0.2, 0.25) is 10.0 Å². The number of hydrogen-bond acceptors (Lipinski definition) is 3. The van der Waals surface area contributed by atoms with Crippen LogP contribution in [0.3, 0.4) is 0 Å². The minimum absolute atomic E-state index is 0.110. The van der Waals surface area contributed by atoms with E-state index in [1.807, 2.05) is 24.3 Å². The number of nitrogens with one attached hydrogen (secondary N) is 1. The van der Waals surface area contributed by atoms with Gasteiger partial charge in [0.15, 0.2) is 6.61 Å². The molecule has 1 unspecified atom stereocenters. The van der Waals surface area contributed by atoms with Crippen molar-refractivity contribution < 1.29 is 9.53 Å². The van der Waals surface area contributed by atoms with Crippen molar-refractivity contribution in [3.8, 4) is 5.75 Å². The Labute approximate surface area is 157 Å². The van der Waals surface area contributed by atoms with Gasteiger partial charge in [-0.3, -0.25) is 4.79 Å². The number of rotatable bonds is 7. The van der Waals surface area contributed by atoms with Crippen LogP contribution < -0.4 is 10.2 Å². The number of carbonyl (C=O) groups excluding carboxylic acids is 1. The monoisotopic (exact) mass is 378 g/mol. The molecule has 0 aliphatic carbocycles. The lowest BCUT2D eigenvalue weighted by Crippen LogP contribution is -2.24. The number of nitrogens with zero attached hydrogens (tertiary/aromatic N) is 1. The van der Waals surface area contributed by atoms with Gasteiger partial charge in [-0.15, -0.1) is 0 Å². The van der Waals surface area contributed by atoms with Crippen molar-refractivity contribution in [3.05, 3.63) is 63.6 Å². The van der Waals surface area contributed by atoms with Gasteiger partial charge >= 0.3 is 0 Å². The van der Waals surface area contributed by atoms with Gasteiger partial charge in [0, 0.05) is 0 Å². The molecule has 1 amide bonds. The smallest absolute Gasteiger partial charge is 0.277 e. The lowest BCUT2D eigenvalue weighted by molar-refractivity contribution is -0.123. The number of halogens is 2. The molecule has 0 saturated heterocycles. The lowest BCUT2D eigenvalue weighted by atomic mass is 9.99. The average Bonchev–Trinajstić information content (AvgIpc) is 2.62. The molecule has 2 aromatic rings. The summed E-state index contributed by atoms with van der Waals surface area (Å²) in [5, 5.41) is 4.77. The highest BCUT2D eigenvalue weighted by molar-refractivity contribution is 6.42. The van der Waals surface area contributed by atoms with Crippen molar-refractivity contribution >= 4 is 35.3 Å². The zero-order valence-corrected chi connectivity index (χ0v) is 15.6. The van der Waals surface area contributed by atoms with Gasteiger partial charge in [-0.2, -0.15) is 5.10 Å². The Morgan fingerprint density at radius 3 is 2.56 bits per heavy atom. The SMILES string of the molecule is CCC(C)c1ccc(OCC(=O)NN=Cc2ccc(Cl)c(Cl)c2)cc1. The van der Waals surface area contributed by atoms with Crippen molar-refractivity contribution in [3.63, 3.8) is 0 Å². The van der Waals surface area contributed by atoms with Crippen LogP contribution in [0.1, 0.15) is 37.3 Å². The zero-order valence-electron chi connectivity index (χ0n) is 14.1. The first-order valence-corrected chi connectivity index (χ1v) is 8.75. The van der Waals surface area contributed by atoms with E-state index in [9.17, 15) is 4.79 Å². The summed E-state index contributed by atoms with van der Waals surface area (Å²) in [6.07, 6.45) is 2.57. The van der Waals surface area contributed by atoms with Crippen LogP contribution in [0, 0.1) is 0 Å². The minimum Gasteiger partial charge on any atom is -0.484 e. The molecule has 0 saturated carbocycles. The number of hydrogen-bond donors (Lipinski definition) is 1. The van der Waals surface area contributed by atoms with Gasteiger partial charge in [0.1, 0.15) is 5.75 Å². The van der Waals surface area contributed by atoms with E-state index in [-0.39, 0.29) is 12.5 Å². The Kier molecular flexibility index (Phi) is 7.29. The summed E-state index contributed by atoms with van der Waals surface area (Å²) in [7, 11) is 0. The van der Waals surface area contributed by atoms with Crippen molar-refractivity contribution in [1.29, 1.82) is 0 Å². The highest BCUT2D eigenvalue weighted by atomic mass is 35.5. The van der Waals surface area contributed by atoms with Crippen molar-refractivity contribution in [2.45, 2.75) is 26.2 Å². The molecule has 0 aromatic heterocycles. The maximum atomic E-state index is 11.8. The normalized spacial score (nSPS) is 12.2. The number of amides is 1. The molecule has 0 heterocycles. The molecule has 6 heteroatoms. The van der Waals surface area contributed by atoms with E-state index < -0.39 is 0 Å². The summed E-state index contributed by atoms with van der Waals surface area (Å²) in [6, 6.07) is 12.8. The Morgan fingerprint density at radius 1 is 1.20 bits per heavy atom. The topological polar surface area (TPSA) is 50.7 Å². The predicted molar refractivity (Wildman–Crippen MR) is 103 cm³/mol. The first-order chi connectivity index (χ1) is 12.0. The second-order valence-corrected chi connectivity index (χ2v) is 6.45. The molecule has 0 radical (unpaired) electrons. The van der Waals surface area contributed by atoms with Crippen LogP contribution in [0.5, 0.6) is 5.75 Å². The highest BCUT2D eigenvalue weighted by Gasteiger charge is 2.05. The van der Waals surface area contributed by atoms with Gasteiger partial charge in [0.25, 0.3) is 5.91 Å². The van der Waals surface area contributed by atoms with Crippen LogP contribution in [-0.4, -0.2) is 18.7 Å². The summed E-state index contributed by atoms with van der Waals surface area (Å²) in [6.45, 7) is 4.22. The summed E-state index contributed by atoms with van der Waals surface area (Å²) in [4.78, 5) is 11.8. The second-order valence-electron chi connectivity index (χ2n) is 5.63. The standard InChI is InChI=1S/C19H20Cl2N2O2/c1-3-13(2)15-5-7-16(8-6-15)25-12-19(24)23-22-11-14-4-9-17(20)18(21)10-14/h4-11,13H,3,12H2,1-2H3,(H,23,24). The minimum atomic E-state index is -0.345. The highest BCUT2D eigenvalue weighted by Crippen LogP contribution is 2.22. The summed E-state index contributed by atoms with van der Waals surface area (Å²) >= 11 is 11.7. The Morgan fingerprint density at radius 2 is 1.92 bits per heavy atom. The third-order valence-corrected chi connectivity index (χ3v) is 4.52. The molecular formula is C19H20Cl2N2O2. The predicted octanol–water partition coefficient (Wildman–Crippen LogP) is 5.04. The van der Waals surface area contributed by atoms with Crippen LogP contribution in [0.25, 0.3) is 0 Å². The third kappa shape index (κ3) is 6.07. The fourth-order valence-electron chi connectivity index (χ4n) is 2.08. The van der Waals surface area contributed by atoms with E-state index in [2.05, 4.69) is 24.4 Å². The van der Waals surface area contributed by atoms with E-state index in [0.717, 1.165) is 12.0 Å². The summed E-state index contributed by atoms with van der Waals surface area (Å²) in [5.41, 5.74) is 4.39. The van der Waals surface area contributed by atoms with E-state index in [1.165, 1.54) is 11.8 Å². The molecule has 132 valence electrons. The molecule has 1 atom stereocenters. The largest absolute Gasteiger partial charge is 0.484 e. The van der Waals surface area contributed by atoms with Crippen LogP contribution in [0.4, 0.5) is 0 Å². The Bertz CT molecular complexity index is 746. The Balaban J connectivity index is 1.80. The van der Waals surface area contributed by atoms with E-state index in [1.54, 1.807) is 18.2 Å². The maximum absolute atomic E-state index is 11.8. The Hall–Kier alpha value is -2.04. The second kappa shape index (κ2) is 9.44. The first kappa shape index (κ1) is 19.3. The zero-order chi connectivity index (χ0) is 18.2. The molecule has 0 fully saturated rings. The molecule has 2 rings (SSSR count). The van der Waals surface area contributed by atoms with Gasteiger partial charge in [0.2, 0.25) is 0 Å². The van der Waals surface area contributed by atoms with E-state index in [4.69, 9.17) is 27.9 Å². The molecule has 1 N–H and O–H groups in total. The molecule has 2 aromatic carbocycles. The number of ether oxygens (including phenoxy) is 1. The summed E-state index contributed by atoms with van der Waals surface area (Å²) in [5.74, 6) is 0.811. The van der Waals surface area contributed by atoms with Crippen molar-refractivity contribution in [2.24, 2.45) is 5.10 Å². The van der Waals surface area contributed by atoms with Gasteiger partial charge in [0.05, 0.1) is 16.3 Å². The molecule has 0 aliphatic rings. The molecule has 0 aliphatic heterocycles. The van der Waals surface area contributed by atoms with Crippen molar-refractivity contribution in [1.82, 2.24) is 5.43 Å². The summed E-state index contributed by atoms with van der Waals surface area (Å²) < 4.78 is 5.45. The van der Waals surface area contributed by atoms with E-state index >= 15 is 0 Å². The number of hydrazone groups is 1. The molecule has 0 spiro atoms. The maximum Gasteiger partial charge on any atom is 0.277 e. The molecule has 4 nitrogen and oxygen atoms in total. The van der Waals surface area contributed by atoms with Crippen molar-refractivity contribution in [2.75, 3.05) is 6.61 Å². The molecule has 0 bridgehead atoms. The molecular weight excluding hydrogens is 359 g/mol. The van der Waals surface area contributed by atoms with Crippen LogP contribution in [-0.2, 0) is 4.79 Å². The van der Waals surface area contributed by atoms with Gasteiger partial charge in [-0.25, -0.2) is 5.43 Å². The quantitative estimate of drug-likeness (QED) is 0.542. The van der Waals surface area contributed by atoms with Gasteiger partial charge in [-0.05, 0) is 47.7 Å². The third-order valence-electron chi connectivity index (χ3n) is 3.78. The van der Waals surface area contributed by atoms with Gasteiger partial charge in [-0.1, -0.05) is 55.2 Å². The number of carbonyl (C=O) groups is 1. The average molecular weight is 379 g/mol. The fraction of sp³-hybridized carbons (Fsp3) is 0.263. The number of benzene rings is 2. The molecule has 25 heavy (non-hydrogen) atoms. The van der Waals surface area contributed by atoms with Crippen LogP contribution >= 0.6 is 23.2 Å². The van der Waals surface area contributed by atoms with E-state index in [0.29, 0.717) is 21.7 Å². The lowest BCUT2D eigenvalue weighted by Gasteiger charge is -2.10. The van der Waals surface area contributed by atoms with Gasteiger partial charge < -0.3 is 4.74 Å². The fourth-order valence-corrected chi connectivity index (χ4v) is 2.39.